The van der Waals surface area contributed by atoms with Gasteiger partial charge in [0.25, 0.3) is 0 Å². The predicted molar refractivity (Wildman–Crippen MR) is 89.9 cm³/mol. The Morgan fingerprint density at radius 3 is 3.08 bits per heavy atom. The van der Waals surface area contributed by atoms with E-state index in [0.717, 1.165) is 38.2 Å². The van der Waals surface area contributed by atoms with Gasteiger partial charge in [0.15, 0.2) is 0 Å². The number of aromatic nitrogens is 4. The maximum Gasteiger partial charge on any atom is 0.305 e. The number of carbonyl (C=O) groups excluding carboxylic acids is 1. The van der Waals surface area contributed by atoms with E-state index in [-0.39, 0.29) is 12.0 Å². The lowest BCUT2D eigenvalue weighted by Gasteiger charge is -2.36. The molecule has 0 spiro atoms. The van der Waals surface area contributed by atoms with E-state index in [9.17, 15) is 4.79 Å². The van der Waals surface area contributed by atoms with Crippen LogP contribution in [0.4, 0.5) is 5.95 Å². The Kier molecular flexibility index (Phi) is 4.22. The van der Waals surface area contributed by atoms with Gasteiger partial charge in [-0.1, -0.05) is 5.10 Å². The average Bonchev–Trinajstić information content (AvgIpc) is 3.29. The Labute approximate surface area is 144 Å². The third-order valence-corrected chi connectivity index (χ3v) is 5.85. The highest BCUT2D eigenvalue weighted by Gasteiger charge is 2.37. The molecule has 2 aromatic rings. The minimum atomic E-state index is -0.132. The molecule has 2 fully saturated rings. The molecule has 0 N–H and O–H groups in total. The van der Waals surface area contributed by atoms with E-state index in [0.29, 0.717) is 18.4 Å². The van der Waals surface area contributed by atoms with Crippen LogP contribution in [0, 0.1) is 5.92 Å². The van der Waals surface area contributed by atoms with Crippen molar-refractivity contribution in [3.8, 4) is 0 Å². The number of carbonyl (C=O) groups is 1. The lowest BCUT2D eigenvalue weighted by atomic mass is 9.78. The molecule has 1 saturated carbocycles. The van der Waals surface area contributed by atoms with E-state index < -0.39 is 0 Å². The summed E-state index contributed by atoms with van der Waals surface area (Å²) in [5.41, 5.74) is 1.35. The Hall–Kier alpha value is -1.96. The number of hydrogen-bond donors (Lipinski definition) is 0. The van der Waals surface area contributed by atoms with Crippen molar-refractivity contribution in [2.75, 3.05) is 18.6 Å². The zero-order valence-corrected chi connectivity index (χ0v) is 14.5. The number of methoxy groups -OCH3 is 1. The van der Waals surface area contributed by atoms with Crippen molar-refractivity contribution < 1.29 is 9.53 Å². The summed E-state index contributed by atoms with van der Waals surface area (Å²) >= 11 is 1.73. The molecule has 0 radical (unpaired) electrons. The van der Waals surface area contributed by atoms with Crippen LogP contribution in [0.1, 0.15) is 49.8 Å². The number of thiophene rings is 1. The second-order valence-electron chi connectivity index (χ2n) is 6.60. The molecule has 2 aromatic heterocycles. The first-order valence-electron chi connectivity index (χ1n) is 8.39. The summed E-state index contributed by atoms with van der Waals surface area (Å²) in [6.45, 7) is 0.985. The van der Waals surface area contributed by atoms with Crippen molar-refractivity contribution in [3.05, 3.63) is 22.4 Å². The van der Waals surface area contributed by atoms with Crippen molar-refractivity contribution in [3.63, 3.8) is 0 Å². The molecule has 1 saturated heterocycles. The molecule has 0 bridgehead atoms. The topological polar surface area (TPSA) is 73.1 Å². The van der Waals surface area contributed by atoms with Gasteiger partial charge in [0.1, 0.15) is 0 Å². The molecule has 1 atom stereocenters. The predicted octanol–water partition coefficient (Wildman–Crippen LogP) is 2.59. The van der Waals surface area contributed by atoms with E-state index in [1.165, 1.54) is 12.7 Å². The molecular weight excluding hydrogens is 326 g/mol. The molecule has 0 amide bonds. The van der Waals surface area contributed by atoms with Crippen LogP contribution in [0.15, 0.2) is 16.8 Å². The van der Waals surface area contributed by atoms with Crippen LogP contribution in [-0.4, -0.2) is 39.8 Å². The normalized spacial score (nSPS) is 26.4. The van der Waals surface area contributed by atoms with Crippen LogP contribution < -0.4 is 4.90 Å². The summed E-state index contributed by atoms with van der Waals surface area (Å²) in [5, 5.41) is 16.8. The fourth-order valence-corrected chi connectivity index (χ4v) is 4.52. The molecule has 0 aromatic carbocycles. The third-order valence-electron chi connectivity index (χ3n) is 5.15. The van der Waals surface area contributed by atoms with E-state index >= 15 is 0 Å². The number of nitrogens with zero attached hydrogens (tertiary/aromatic N) is 5. The zero-order valence-electron chi connectivity index (χ0n) is 13.7. The summed E-state index contributed by atoms with van der Waals surface area (Å²) < 4.78 is 6.71. The number of esters is 1. The maximum absolute atomic E-state index is 11.4. The van der Waals surface area contributed by atoms with Crippen LogP contribution in [0.3, 0.4) is 0 Å². The van der Waals surface area contributed by atoms with Gasteiger partial charge in [0, 0.05) is 13.0 Å². The SMILES string of the molecule is COC(=O)CC1CC(n2nnnc2N2CCCC2c2ccsc2)C1. The van der Waals surface area contributed by atoms with E-state index in [2.05, 4.69) is 37.3 Å². The third kappa shape index (κ3) is 2.79. The quantitative estimate of drug-likeness (QED) is 0.774. The molecule has 1 unspecified atom stereocenters. The fourth-order valence-electron chi connectivity index (χ4n) is 3.82. The average molecular weight is 347 g/mol. The number of ether oxygens (including phenoxy) is 1. The summed E-state index contributed by atoms with van der Waals surface area (Å²) in [4.78, 5) is 13.7. The monoisotopic (exact) mass is 347 g/mol. The summed E-state index contributed by atoms with van der Waals surface area (Å²) in [5.74, 6) is 1.11. The largest absolute Gasteiger partial charge is 0.469 e. The van der Waals surface area contributed by atoms with Gasteiger partial charge in [0.05, 0.1) is 19.2 Å². The molecule has 1 aliphatic carbocycles. The van der Waals surface area contributed by atoms with Gasteiger partial charge < -0.3 is 9.64 Å². The van der Waals surface area contributed by atoms with Gasteiger partial charge in [-0.3, -0.25) is 4.79 Å². The molecular formula is C16H21N5O2S. The van der Waals surface area contributed by atoms with Crippen LogP contribution >= 0.6 is 11.3 Å². The Morgan fingerprint density at radius 1 is 1.46 bits per heavy atom. The van der Waals surface area contributed by atoms with Gasteiger partial charge in [-0.25, -0.2) is 4.68 Å². The highest BCUT2D eigenvalue weighted by Crippen LogP contribution is 2.43. The Bertz CT molecular complexity index is 695. The molecule has 8 heteroatoms. The second-order valence-corrected chi connectivity index (χ2v) is 7.38. The molecule has 1 aliphatic heterocycles. The summed E-state index contributed by atoms with van der Waals surface area (Å²) in [6, 6.07) is 2.85. The van der Waals surface area contributed by atoms with E-state index in [1.54, 1.807) is 11.3 Å². The zero-order chi connectivity index (χ0) is 16.5. The van der Waals surface area contributed by atoms with Crippen LogP contribution in [-0.2, 0) is 9.53 Å². The number of anilines is 1. The van der Waals surface area contributed by atoms with Crippen LogP contribution in [0.2, 0.25) is 0 Å². The molecule has 128 valence electrons. The van der Waals surface area contributed by atoms with Crippen molar-refractivity contribution in [2.45, 2.75) is 44.2 Å². The number of hydrogen-bond acceptors (Lipinski definition) is 7. The highest BCUT2D eigenvalue weighted by molar-refractivity contribution is 7.08. The van der Waals surface area contributed by atoms with Crippen LogP contribution in [0.25, 0.3) is 0 Å². The van der Waals surface area contributed by atoms with Crippen molar-refractivity contribution in [1.82, 2.24) is 20.2 Å². The minimum Gasteiger partial charge on any atom is -0.469 e. The Morgan fingerprint density at radius 2 is 2.33 bits per heavy atom. The standard InChI is InChI=1S/C16H21N5O2S/c1-23-15(22)9-11-7-13(8-11)21-16(17-18-19-21)20-5-2-3-14(20)12-4-6-24-10-12/h4,6,10-11,13-14H,2-3,5,7-9H2,1H3. The van der Waals surface area contributed by atoms with Crippen molar-refractivity contribution >= 4 is 23.3 Å². The molecule has 2 aliphatic rings. The van der Waals surface area contributed by atoms with E-state index in [1.807, 2.05) is 4.68 Å². The first kappa shape index (κ1) is 15.6. The summed E-state index contributed by atoms with van der Waals surface area (Å²) in [6.07, 6.45) is 4.65. The lowest BCUT2D eigenvalue weighted by molar-refractivity contribution is -0.142. The molecule has 7 nitrogen and oxygen atoms in total. The van der Waals surface area contributed by atoms with Crippen molar-refractivity contribution in [2.24, 2.45) is 5.92 Å². The van der Waals surface area contributed by atoms with Gasteiger partial charge >= 0.3 is 5.97 Å². The molecule has 4 rings (SSSR count). The van der Waals surface area contributed by atoms with Gasteiger partial charge in [-0.2, -0.15) is 11.3 Å². The number of tetrazole rings is 1. The molecule has 3 heterocycles. The summed E-state index contributed by atoms with van der Waals surface area (Å²) in [7, 11) is 1.44. The number of rotatable bonds is 5. The van der Waals surface area contributed by atoms with E-state index in [4.69, 9.17) is 4.74 Å². The Balaban J connectivity index is 1.47. The van der Waals surface area contributed by atoms with Gasteiger partial charge in [0.2, 0.25) is 5.95 Å². The minimum absolute atomic E-state index is 0.132. The van der Waals surface area contributed by atoms with Crippen molar-refractivity contribution in [1.29, 1.82) is 0 Å². The van der Waals surface area contributed by atoms with Gasteiger partial charge in [-0.05, 0) is 64.4 Å². The second kappa shape index (κ2) is 6.51. The van der Waals surface area contributed by atoms with Gasteiger partial charge in [-0.15, -0.1) is 0 Å². The molecule has 24 heavy (non-hydrogen) atoms. The van der Waals surface area contributed by atoms with Crippen LogP contribution in [0.5, 0.6) is 0 Å². The first-order chi connectivity index (χ1) is 11.8. The smallest absolute Gasteiger partial charge is 0.305 e. The fraction of sp³-hybridized carbons (Fsp3) is 0.625. The highest BCUT2D eigenvalue weighted by atomic mass is 32.1. The lowest BCUT2D eigenvalue weighted by Crippen LogP contribution is -2.33. The first-order valence-corrected chi connectivity index (χ1v) is 9.34. The maximum atomic E-state index is 11.4.